The zero-order chi connectivity index (χ0) is 16.1. The molecule has 1 aromatic carbocycles. The molecule has 1 aromatic heterocycles. The summed E-state index contributed by atoms with van der Waals surface area (Å²) in [6.07, 6.45) is 1.72. The summed E-state index contributed by atoms with van der Waals surface area (Å²) in [5.74, 6) is 2.36. The first kappa shape index (κ1) is 16.1. The van der Waals surface area contributed by atoms with Crippen LogP contribution in [-0.4, -0.2) is 39.1 Å². The molecule has 6 heteroatoms. The molecule has 5 nitrogen and oxygen atoms in total. The topological polar surface area (TPSA) is 47.2 Å². The SMILES string of the molecule is CCOc1cccc(N=Cc2cc(Br)c(N3CCOCC3)o2)c1. The van der Waals surface area contributed by atoms with E-state index in [9.17, 15) is 0 Å². The van der Waals surface area contributed by atoms with Crippen molar-refractivity contribution in [3.8, 4) is 5.75 Å². The third-order valence-electron chi connectivity index (χ3n) is 3.46. The number of anilines is 1. The minimum atomic E-state index is 0.640. The van der Waals surface area contributed by atoms with Gasteiger partial charge in [0.15, 0.2) is 0 Å². The molecule has 3 rings (SSSR count). The van der Waals surface area contributed by atoms with Crippen LogP contribution in [-0.2, 0) is 4.74 Å². The molecule has 0 spiro atoms. The Hall–Kier alpha value is -1.79. The molecule has 1 aliphatic rings. The Kier molecular flexibility index (Phi) is 5.35. The van der Waals surface area contributed by atoms with Gasteiger partial charge in [0.1, 0.15) is 11.5 Å². The zero-order valence-electron chi connectivity index (χ0n) is 13.0. The molecular weight excluding hydrogens is 360 g/mol. The van der Waals surface area contributed by atoms with Gasteiger partial charge >= 0.3 is 0 Å². The van der Waals surface area contributed by atoms with E-state index in [2.05, 4.69) is 25.8 Å². The number of benzene rings is 1. The molecule has 0 amide bonds. The van der Waals surface area contributed by atoms with E-state index in [1.165, 1.54) is 0 Å². The Balaban J connectivity index is 1.73. The fourth-order valence-electron chi connectivity index (χ4n) is 2.38. The Morgan fingerprint density at radius 3 is 2.91 bits per heavy atom. The van der Waals surface area contributed by atoms with Gasteiger partial charge in [-0.05, 0) is 35.0 Å². The van der Waals surface area contributed by atoms with Crippen LogP contribution in [0.3, 0.4) is 0 Å². The molecule has 0 atom stereocenters. The minimum absolute atomic E-state index is 0.640. The normalized spacial score (nSPS) is 15.3. The Labute approximate surface area is 144 Å². The van der Waals surface area contributed by atoms with Crippen molar-refractivity contribution in [2.75, 3.05) is 37.8 Å². The van der Waals surface area contributed by atoms with E-state index in [-0.39, 0.29) is 0 Å². The maximum Gasteiger partial charge on any atom is 0.210 e. The molecule has 0 radical (unpaired) electrons. The fourth-order valence-corrected chi connectivity index (χ4v) is 2.94. The molecule has 0 saturated carbocycles. The van der Waals surface area contributed by atoms with Crippen LogP contribution in [0, 0.1) is 0 Å². The molecule has 0 N–H and O–H groups in total. The number of aliphatic imine (C=N–C) groups is 1. The maximum absolute atomic E-state index is 5.90. The molecule has 2 aromatic rings. The summed E-state index contributed by atoms with van der Waals surface area (Å²) in [6.45, 7) is 5.71. The fraction of sp³-hybridized carbons (Fsp3) is 0.353. The van der Waals surface area contributed by atoms with Gasteiger partial charge in [0.25, 0.3) is 0 Å². The van der Waals surface area contributed by atoms with Crippen LogP contribution in [0.2, 0.25) is 0 Å². The minimum Gasteiger partial charge on any atom is -0.494 e. The Morgan fingerprint density at radius 2 is 2.13 bits per heavy atom. The van der Waals surface area contributed by atoms with Gasteiger partial charge in [-0.25, -0.2) is 0 Å². The predicted molar refractivity (Wildman–Crippen MR) is 94.3 cm³/mol. The lowest BCUT2D eigenvalue weighted by Crippen LogP contribution is -2.36. The Bertz CT molecular complexity index is 678. The van der Waals surface area contributed by atoms with Crippen molar-refractivity contribution in [1.29, 1.82) is 0 Å². The van der Waals surface area contributed by atoms with Crippen LogP contribution < -0.4 is 9.64 Å². The highest BCUT2D eigenvalue weighted by molar-refractivity contribution is 9.10. The quantitative estimate of drug-likeness (QED) is 0.736. The van der Waals surface area contributed by atoms with Gasteiger partial charge in [0.2, 0.25) is 5.88 Å². The van der Waals surface area contributed by atoms with E-state index in [0.717, 1.165) is 48.1 Å². The van der Waals surface area contributed by atoms with E-state index >= 15 is 0 Å². The second-order valence-electron chi connectivity index (χ2n) is 5.09. The highest BCUT2D eigenvalue weighted by Gasteiger charge is 2.18. The number of morpholine rings is 1. The van der Waals surface area contributed by atoms with Crippen LogP contribution in [0.5, 0.6) is 5.75 Å². The summed E-state index contributed by atoms with van der Waals surface area (Å²) in [4.78, 5) is 6.62. The monoisotopic (exact) mass is 378 g/mol. The van der Waals surface area contributed by atoms with Gasteiger partial charge in [-0.1, -0.05) is 6.07 Å². The summed E-state index contributed by atoms with van der Waals surface area (Å²) < 4.78 is 17.7. The van der Waals surface area contributed by atoms with Crippen LogP contribution in [0.1, 0.15) is 12.7 Å². The number of hydrogen-bond donors (Lipinski definition) is 0. The lowest BCUT2D eigenvalue weighted by atomic mass is 10.3. The second-order valence-corrected chi connectivity index (χ2v) is 5.94. The molecule has 2 heterocycles. The summed E-state index contributed by atoms with van der Waals surface area (Å²) in [7, 11) is 0. The zero-order valence-corrected chi connectivity index (χ0v) is 14.6. The van der Waals surface area contributed by atoms with Crippen LogP contribution in [0.25, 0.3) is 0 Å². The average Bonchev–Trinajstić information content (AvgIpc) is 2.95. The molecule has 23 heavy (non-hydrogen) atoms. The largest absolute Gasteiger partial charge is 0.494 e. The van der Waals surface area contributed by atoms with Gasteiger partial charge in [-0.15, -0.1) is 0 Å². The molecule has 1 aliphatic heterocycles. The highest BCUT2D eigenvalue weighted by atomic mass is 79.9. The van der Waals surface area contributed by atoms with Gasteiger partial charge in [0.05, 0.1) is 36.2 Å². The highest BCUT2D eigenvalue weighted by Crippen LogP contribution is 2.30. The summed E-state index contributed by atoms with van der Waals surface area (Å²) in [5.41, 5.74) is 0.830. The van der Waals surface area contributed by atoms with Gasteiger partial charge in [-0.3, -0.25) is 4.99 Å². The summed E-state index contributed by atoms with van der Waals surface area (Å²) >= 11 is 3.55. The van der Waals surface area contributed by atoms with Crippen LogP contribution in [0.4, 0.5) is 11.6 Å². The van der Waals surface area contributed by atoms with Gasteiger partial charge < -0.3 is 18.8 Å². The van der Waals surface area contributed by atoms with Crippen molar-refractivity contribution in [2.24, 2.45) is 4.99 Å². The average molecular weight is 379 g/mol. The number of rotatable bonds is 5. The predicted octanol–water partition coefficient (Wildman–Crippen LogP) is 4.03. The number of halogens is 1. The molecule has 1 fully saturated rings. The van der Waals surface area contributed by atoms with Crippen LogP contribution in [0.15, 0.2) is 44.2 Å². The van der Waals surface area contributed by atoms with Crippen molar-refractivity contribution in [2.45, 2.75) is 6.92 Å². The van der Waals surface area contributed by atoms with E-state index in [1.54, 1.807) is 6.21 Å². The van der Waals surface area contributed by atoms with Gasteiger partial charge in [-0.2, -0.15) is 0 Å². The van der Waals surface area contributed by atoms with Crippen molar-refractivity contribution in [3.63, 3.8) is 0 Å². The number of nitrogens with zero attached hydrogens (tertiary/aromatic N) is 2. The Morgan fingerprint density at radius 1 is 1.30 bits per heavy atom. The van der Waals surface area contributed by atoms with Crippen molar-refractivity contribution < 1.29 is 13.9 Å². The lowest BCUT2D eigenvalue weighted by Gasteiger charge is -2.26. The smallest absolute Gasteiger partial charge is 0.210 e. The third kappa shape index (κ3) is 4.14. The van der Waals surface area contributed by atoms with Crippen LogP contribution >= 0.6 is 15.9 Å². The standard InChI is InChI=1S/C17H19BrN2O3/c1-2-22-14-5-3-4-13(10-14)19-12-15-11-16(18)17(23-15)20-6-8-21-9-7-20/h3-5,10-12H,2,6-9H2,1H3. The van der Waals surface area contributed by atoms with Crippen molar-refractivity contribution in [1.82, 2.24) is 0 Å². The van der Waals surface area contributed by atoms with E-state index in [1.807, 2.05) is 37.3 Å². The van der Waals surface area contributed by atoms with E-state index in [4.69, 9.17) is 13.9 Å². The molecule has 0 unspecified atom stereocenters. The first-order valence-electron chi connectivity index (χ1n) is 7.65. The number of ether oxygens (including phenoxy) is 2. The number of hydrogen-bond acceptors (Lipinski definition) is 5. The third-order valence-corrected chi connectivity index (χ3v) is 4.02. The summed E-state index contributed by atoms with van der Waals surface area (Å²) in [5, 5.41) is 0. The summed E-state index contributed by atoms with van der Waals surface area (Å²) in [6, 6.07) is 9.61. The lowest BCUT2D eigenvalue weighted by molar-refractivity contribution is 0.120. The second kappa shape index (κ2) is 7.66. The van der Waals surface area contributed by atoms with Gasteiger partial charge in [0, 0.05) is 25.2 Å². The molecule has 1 saturated heterocycles. The first-order chi connectivity index (χ1) is 11.3. The molecule has 122 valence electrons. The van der Waals surface area contributed by atoms with Crippen molar-refractivity contribution >= 4 is 33.7 Å². The number of furan rings is 1. The van der Waals surface area contributed by atoms with Crippen molar-refractivity contribution in [3.05, 3.63) is 40.6 Å². The maximum atomic E-state index is 5.90. The van der Waals surface area contributed by atoms with E-state index < -0.39 is 0 Å². The first-order valence-corrected chi connectivity index (χ1v) is 8.44. The van der Waals surface area contributed by atoms with E-state index in [0.29, 0.717) is 12.4 Å². The molecule has 0 aliphatic carbocycles. The molecule has 0 bridgehead atoms. The molecular formula is C17H19BrN2O3.